The van der Waals surface area contributed by atoms with Crippen LogP contribution in [0.2, 0.25) is 0 Å². The van der Waals surface area contributed by atoms with Gasteiger partial charge in [-0.3, -0.25) is 0 Å². The van der Waals surface area contributed by atoms with Crippen LogP contribution in [0, 0.1) is 5.92 Å². The van der Waals surface area contributed by atoms with Gasteiger partial charge in [-0.15, -0.1) is 0 Å². The number of hydrogen-bond donors (Lipinski definition) is 1. The molecule has 90 valence electrons. The van der Waals surface area contributed by atoms with Gasteiger partial charge in [-0.25, -0.2) is 0 Å². The van der Waals surface area contributed by atoms with Crippen LogP contribution in [0.3, 0.4) is 0 Å². The number of ether oxygens (including phenoxy) is 1. The van der Waals surface area contributed by atoms with E-state index in [0.29, 0.717) is 6.04 Å². The SMILES string of the molecule is COC(C)(C)CNC(C)CC1CCCC1. The number of rotatable bonds is 6. The summed E-state index contributed by atoms with van der Waals surface area (Å²) in [4.78, 5) is 0. The molecule has 1 aliphatic carbocycles. The maximum atomic E-state index is 5.40. The first-order chi connectivity index (χ1) is 7.03. The lowest BCUT2D eigenvalue weighted by Gasteiger charge is -2.26. The third-order valence-electron chi connectivity index (χ3n) is 3.59. The first-order valence-corrected chi connectivity index (χ1v) is 6.32. The molecule has 0 heterocycles. The van der Waals surface area contributed by atoms with Gasteiger partial charge in [0, 0.05) is 19.7 Å². The summed E-state index contributed by atoms with van der Waals surface area (Å²) in [5.41, 5.74) is -0.0378. The molecule has 0 aliphatic heterocycles. The summed E-state index contributed by atoms with van der Waals surface area (Å²) in [5, 5.41) is 3.58. The second-order valence-electron chi connectivity index (χ2n) is 5.63. The van der Waals surface area contributed by atoms with Crippen molar-refractivity contribution in [2.24, 2.45) is 5.92 Å². The van der Waals surface area contributed by atoms with Crippen molar-refractivity contribution in [3.8, 4) is 0 Å². The molecule has 0 amide bonds. The van der Waals surface area contributed by atoms with Gasteiger partial charge in [0.15, 0.2) is 0 Å². The lowest BCUT2D eigenvalue weighted by atomic mass is 9.99. The Labute approximate surface area is 94.8 Å². The summed E-state index contributed by atoms with van der Waals surface area (Å²) in [6.45, 7) is 7.49. The van der Waals surface area contributed by atoms with Gasteiger partial charge in [-0.05, 0) is 33.1 Å². The molecule has 0 radical (unpaired) electrons. The van der Waals surface area contributed by atoms with E-state index in [1.54, 1.807) is 7.11 Å². The monoisotopic (exact) mass is 213 g/mol. The van der Waals surface area contributed by atoms with Crippen molar-refractivity contribution in [1.82, 2.24) is 5.32 Å². The third-order valence-corrected chi connectivity index (χ3v) is 3.59. The van der Waals surface area contributed by atoms with Gasteiger partial charge < -0.3 is 10.1 Å². The molecule has 1 saturated carbocycles. The summed E-state index contributed by atoms with van der Waals surface area (Å²) in [5.74, 6) is 0.971. The molecular weight excluding hydrogens is 186 g/mol. The average Bonchev–Trinajstić information content (AvgIpc) is 2.68. The van der Waals surface area contributed by atoms with Crippen molar-refractivity contribution in [2.75, 3.05) is 13.7 Å². The molecule has 0 aromatic heterocycles. The zero-order valence-corrected chi connectivity index (χ0v) is 10.8. The maximum absolute atomic E-state index is 5.40. The predicted molar refractivity (Wildman–Crippen MR) is 65.1 cm³/mol. The number of nitrogens with one attached hydrogen (secondary N) is 1. The lowest BCUT2D eigenvalue weighted by molar-refractivity contribution is 0.0209. The Hall–Kier alpha value is -0.0800. The molecule has 2 nitrogen and oxygen atoms in total. The molecular formula is C13H27NO. The molecule has 0 spiro atoms. The quantitative estimate of drug-likeness (QED) is 0.732. The van der Waals surface area contributed by atoms with E-state index < -0.39 is 0 Å². The van der Waals surface area contributed by atoms with Gasteiger partial charge in [0.25, 0.3) is 0 Å². The number of methoxy groups -OCH3 is 1. The Morgan fingerprint density at radius 1 is 1.33 bits per heavy atom. The lowest BCUT2D eigenvalue weighted by Crippen LogP contribution is -2.41. The minimum Gasteiger partial charge on any atom is -0.377 e. The zero-order valence-electron chi connectivity index (χ0n) is 10.8. The fraction of sp³-hybridized carbons (Fsp3) is 1.00. The molecule has 2 heteroatoms. The Morgan fingerprint density at radius 2 is 1.93 bits per heavy atom. The van der Waals surface area contributed by atoms with Gasteiger partial charge in [-0.2, -0.15) is 0 Å². The van der Waals surface area contributed by atoms with E-state index in [4.69, 9.17) is 4.74 Å². The minimum absolute atomic E-state index is 0.0378. The van der Waals surface area contributed by atoms with Crippen molar-refractivity contribution < 1.29 is 4.74 Å². The standard InChI is InChI=1S/C13H27NO/c1-11(9-12-7-5-6-8-12)14-10-13(2,3)15-4/h11-12,14H,5-10H2,1-4H3. The summed E-state index contributed by atoms with van der Waals surface area (Å²) >= 11 is 0. The second-order valence-corrected chi connectivity index (χ2v) is 5.63. The van der Waals surface area contributed by atoms with Crippen LogP contribution in [-0.2, 0) is 4.74 Å². The largest absolute Gasteiger partial charge is 0.377 e. The molecule has 1 aliphatic rings. The van der Waals surface area contributed by atoms with Crippen molar-refractivity contribution in [2.45, 2.75) is 64.5 Å². The predicted octanol–water partition coefficient (Wildman–Crippen LogP) is 2.97. The maximum Gasteiger partial charge on any atom is 0.0746 e. The van der Waals surface area contributed by atoms with E-state index in [-0.39, 0.29) is 5.60 Å². The minimum atomic E-state index is -0.0378. The fourth-order valence-corrected chi connectivity index (χ4v) is 2.32. The molecule has 0 aromatic rings. The molecule has 1 unspecified atom stereocenters. The molecule has 0 bridgehead atoms. The van der Waals surface area contributed by atoms with Crippen molar-refractivity contribution in [3.05, 3.63) is 0 Å². The summed E-state index contributed by atoms with van der Waals surface area (Å²) in [6.07, 6.45) is 7.11. The second kappa shape index (κ2) is 5.86. The molecule has 1 atom stereocenters. The highest BCUT2D eigenvalue weighted by Gasteiger charge is 2.20. The van der Waals surface area contributed by atoms with Crippen LogP contribution in [0.15, 0.2) is 0 Å². The molecule has 0 saturated heterocycles. The van der Waals surface area contributed by atoms with Crippen molar-refractivity contribution >= 4 is 0 Å². The normalized spacial score (nSPS) is 20.8. The average molecular weight is 213 g/mol. The Balaban J connectivity index is 2.15. The number of hydrogen-bond acceptors (Lipinski definition) is 2. The van der Waals surface area contributed by atoms with E-state index in [9.17, 15) is 0 Å². The summed E-state index contributed by atoms with van der Waals surface area (Å²) in [7, 11) is 1.78. The first-order valence-electron chi connectivity index (χ1n) is 6.32. The van der Waals surface area contributed by atoms with Crippen molar-refractivity contribution in [1.29, 1.82) is 0 Å². The molecule has 1 N–H and O–H groups in total. The van der Waals surface area contributed by atoms with E-state index in [0.717, 1.165) is 12.5 Å². The Bertz CT molecular complexity index is 173. The summed E-state index contributed by atoms with van der Waals surface area (Å²) < 4.78 is 5.40. The highest BCUT2D eigenvalue weighted by molar-refractivity contribution is 4.77. The van der Waals surface area contributed by atoms with Crippen LogP contribution in [0.5, 0.6) is 0 Å². The van der Waals surface area contributed by atoms with E-state index in [2.05, 4.69) is 26.1 Å². The zero-order chi connectivity index (χ0) is 11.3. The van der Waals surface area contributed by atoms with Gasteiger partial charge in [0.05, 0.1) is 5.60 Å². The van der Waals surface area contributed by atoms with E-state index in [1.807, 2.05) is 0 Å². The molecule has 0 aromatic carbocycles. The van der Waals surface area contributed by atoms with Crippen LogP contribution < -0.4 is 5.32 Å². The molecule has 1 rings (SSSR count). The van der Waals surface area contributed by atoms with Gasteiger partial charge in [-0.1, -0.05) is 25.7 Å². The highest BCUT2D eigenvalue weighted by atomic mass is 16.5. The van der Waals surface area contributed by atoms with Gasteiger partial charge in [0.2, 0.25) is 0 Å². The summed E-state index contributed by atoms with van der Waals surface area (Å²) in [6, 6.07) is 0.627. The smallest absolute Gasteiger partial charge is 0.0746 e. The molecule has 15 heavy (non-hydrogen) atoms. The highest BCUT2D eigenvalue weighted by Crippen LogP contribution is 2.28. The van der Waals surface area contributed by atoms with E-state index in [1.165, 1.54) is 32.1 Å². The van der Waals surface area contributed by atoms with Gasteiger partial charge in [0.1, 0.15) is 0 Å². The van der Waals surface area contributed by atoms with Crippen LogP contribution in [0.4, 0.5) is 0 Å². The first kappa shape index (κ1) is 13.0. The van der Waals surface area contributed by atoms with Crippen LogP contribution in [0.1, 0.15) is 52.9 Å². The van der Waals surface area contributed by atoms with Crippen LogP contribution >= 0.6 is 0 Å². The van der Waals surface area contributed by atoms with Crippen LogP contribution in [0.25, 0.3) is 0 Å². The molecule has 1 fully saturated rings. The Kier molecular flexibility index (Phi) is 5.07. The fourth-order valence-electron chi connectivity index (χ4n) is 2.32. The Morgan fingerprint density at radius 3 is 2.47 bits per heavy atom. The third kappa shape index (κ3) is 4.98. The van der Waals surface area contributed by atoms with Gasteiger partial charge >= 0.3 is 0 Å². The topological polar surface area (TPSA) is 21.3 Å². The van der Waals surface area contributed by atoms with Crippen LogP contribution in [-0.4, -0.2) is 25.3 Å². The van der Waals surface area contributed by atoms with E-state index >= 15 is 0 Å². The van der Waals surface area contributed by atoms with Crippen molar-refractivity contribution in [3.63, 3.8) is 0 Å².